The van der Waals surface area contributed by atoms with E-state index < -0.39 is 11.6 Å². The summed E-state index contributed by atoms with van der Waals surface area (Å²) in [5.74, 6) is -0.899. The summed E-state index contributed by atoms with van der Waals surface area (Å²) in [6, 6.07) is 3.99. The largest absolute Gasteiger partial charge is 0.369 e. The lowest BCUT2D eigenvalue weighted by Gasteiger charge is -2.13. The second-order valence-corrected chi connectivity index (χ2v) is 5.17. The highest BCUT2D eigenvalue weighted by Gasteiger charge is 2.15. The Morgan fingerprint density at radius 3 is 2.48 bits per heavy atom. The Kier molecular flexibility index (Phi) is 4.85. The molecule has 0 fully saturated rings. The minimum atomic E-state index is -0.726. The molecule has 0 atom stereocenters. The van der Waals surface area contributed by atoms with Crippen molar-refractivity contribution in [3.05, 3.63) is 45.4 Å². The molecule has 0 saturated carbocycles. The fourth-order valence-corrected chi connectivity index (χ4v) is 2.21. The zero-order valence-electron chi connectivity index (χ0n) is 11.4. The van der Waals surface area contributed by atoms with Crippen LogP contribution < -0.4 is 10.6 Å². The molecular formula is C14H13Cl2F2N3. The number of pyridine rings is 1. The number of aryl methyl sites for hydroxylation is 1. The molecule has 0 aliphatic carbocycles. The monoisotopic (exact) mass is 331 g/mol. The molecule has 3 nitrogen and oxygen atoms in total. The fourth-order valence-electron chi connectivity index (χ4n) is 1.74. The normalized spacial score (nSPS) is 10.6. The van der Waals surface area contributed by atoms with E-state index in [4.69, 9.17) is 23.2 Å². The van der Waals surface area contributed by atoms with Crippen LogP contribution in [0.4, 0.5) is 26.1 Å². The molecule has 2 aromatic rings. The predicted octanol–water partition coefficient (Wildman–Crippen LogP) is 5.15. The van der Waals surface area contributed by atoms with Crippen LogP contribution in [0.15, 0.2) is 18.2 Å². The van der Waals surface area contributed by atoms with Crippen molar-refractivity contribution in [1.82, 2.24) is 4.98 Å². The van der Waals surface area contributed by atoms with Crippen molar-refractivity contribution in [2.24, 2.45) is 0 Å². The second kappa shape index (κ2) is 6.45. The van der Waals surface area contributed by atoms with Gasteiger partial charge in [-0.1, -0.05) is 29.3 Å². The van der Waals surface area contributed by atoms with Gasteiger partial charge in [0.15, 0.2) is 11.6 Å². The van der Waals surface area contributed by atoms with Crippen LogP contribution in [0.5, 0.6) is 0 Å². The summed E-state index contributed by atoms with van der Waals surface area (Å²) in [6.07, 6.45) is 0. The zero-order chi connectivity index (χ0) is 15.6. The van der Waals surface area contributed by atoms with E-state index in [0.717, 1.165) is 0 Å². The Bertz CT molecular complexity index is 678. The van der Waals surface area contributed by atoms with E-state index in [2.05, 4.69) is 15.6 Å². The Hall–Kier alpha value is -1.59. The summed E-state index contributed by atoms with van der Waals surface area (Å²) in [5.41, 5.74) is 0.0186. The molecule has 2 rings (SSSR count). The van der Waals surface area contributed by atoms with Crippen molar-refractivity contribution in [1.29, 1.82) is 0 Å². The van der Waals surface area contributed by atoms with Crippen LogP contribution >= 0.6 is 23.2 Å². The smallest absolute Gasteiger partial charge is 0.152 e. The Morgan fingerprint density at radius 2 is 1.81 bits per heavy atom. The molecule has 0 aliphatic rings. The molecule has 1 aromatic heterocycles. The van der Waals surface area contributed by atoms with Gasteiger partial charge in [0.05, 0.1) is 10.0 Å². The van der Waals surface area contributed by atoms with Crippen molar-refractivity contribution in [2.75, 3.05) is 17.2 Å². The number of benzene rings is 1. The molecule has 2 N–H and O–H groups in total. The van der Waals surface area contributed by atoms with E-state index in [-0.39, 0.29) is 16.5 Å². The molecule has 1 aromatic carbocycles. The summed E-state index contributed by atoms with van der Waals surface area (Å²) >= 11 is 12.0. The minimum absolute atomic E-state index is 0.125. The molecule has 0 saturated heterocycles. The van der Waals surface area contributed by atoms with E-state index >= 15 is 0 Å². The van der Waals surface area contributed by atoms with Crippen LogP contribution in [0.2, 0.25) is 10.0 Å². The highest BCUT2D eigenvalue weighted by Crippen LogP contribution is 2.33. The zero-order valence-corrected chi connectivity index (χ0v) is 12.9. The first kappa shape index (κ1) is 15.8. The standard InChI is InChI=1S/C14H13Cl2F2N3/c1-3-19-13-8(15)6-9(16)14(21-13)20-12-10(17)5-4-7(2)11(12)18/h4-6H,3H2,1-2H3,(H2,19,20,21). The maximum Gasteiger partial charge on any atom is 0.152 e. The molecule has 1 heterocycles. The molecular weight excluding hydrogens is 319 g/mol. The first-order valence-corrected chi connectivity index (χ1v) is 7.01. The third-order valence-corrected chi connectivity index (χ3v) is 3.38. The molecule has 0 unspecified atom stereocenters. The summed E-state index contributed by atoms with van der Waals surface area (Å²) in [7, 11) is 0. The van der Waals surface area contributed by atoms with Gasteiger partial charge < -0.3 is 10.6 Å². The number of rotatable bonds is 4. The van der Waals surface area contributed by atoms with Crippen LogP contribution in [0.3, 0.4) is 0 Å². The van der Waals surface area contributed by atoms with Crippen molar-refractivity contribution in [2.45, 2.75) is 13.8 Å². The maximum absolute atomic E-state index is 14.0. The lowest BCUT2D eigenvalue weighted by Crippen LogP contribution is -2.05. The topological polar surface area (TPSA) is 37.0 Å². The average molecular weight is 332 g/mol. The summed E-state index contributed by atoms with van der Waals surface area (Å²) in [5, 5.41) is 6.02. The molecule has 0 radical (unpaired) electrons. The number of hydrogen-bond donors (Lipinski definition) is 2. The van der Waals surface area contributed by atoms with E-state index in [0.29, 0.717) is 22.9 Å². The number of nitrogens with one attached hydrogen (secondary N) is 2. The van der Waals surface area contributed by atoms with Crippen LogP contribution in [-0.2, 0) is 0 Å². The van der Waals surface area contributed by atoms with Gasteiger partial charge in [-0.15, -0.1) is 0 Å². The molecule has 0 spiro atoms. The van der Waals surface area contributed by atoms with E-state index in [9.17, 15) is 8.78 Å². The van der Waals surface area contributed by atoms with Crippen molar-refractivity contribution >= 4 is 40.5 Å². The molecule has 7 heteroatoms. The van der Waals surface area contributed by atoms with Gasteiger partial charge in [-0.05, 0) is 31.5 Å². The quantitative estimate of drug-likeness (QED) is 0.813. The number of hydrogen-bond acceptors (Lipinski definition) is 3. The van der Waals surface area contributed by atoms with Crippen LogP contribution in [0.25, 0.3) is 0 Å². The first-order valence-electron chi connectivity index (χ1n) is 6.25. The number of aromatic nitrogens is 1. The van der Waals surface area contributed by atoms with Gasteiger partial charge in [-0.25, -0.2) is 13.8 Å². The molecule has 112 valence electrons. The molecule has 21 heavy (non-hydrogen) atoms. The van der Waals surface area contributed by atoms with Crippen LogP contribution in [0.1, 0.15) is 12.5 Å². The van der Waals surface area contributed by atoms with E-state index in [1.807, 2.05) is 6.92 Å². The van der Waals surface area contributed by atoms with Crippen molar-refractivity contribution < 1.29 is 8.78 Å². The molecule has 0 amide bonds. The second-order valence-electron chi connectivity index (χ2n) is 4.36. The summed E-state index contributed by atoms with van der Waals surface area (Å²) in [6.45, 7) is 4.02. The van der Waals surface area contributed by atoms with Gasteiger partial charge in [0.25, 0.3) is 0 Å². The van der Waals surface area contributed by atoms with Gasteiger partial charge in [-0.2, -0.15) is 0 Å². The van der Waals surface area contributed by atoms with Gasteiger partial charge in [0.2, 0.25) is 0 Å². The van der Waals surface area contributed by atoms with Crippen molar-refractivity contribution in [3.63, 3.8) is 0 Å². The van der Waals surface area contributed by atoms with E-state index in [1.54, 1.807) is 6.92 Å². The fraction of sp³-hybridized carbons (Fsp3) is 0.214. The maximum atomic E-state index is 14.0. The summed E-state index contributed by atoms with van der Waals surface area (Å²) in [4.78, 5) is 4.15. The van der Waals surface area contributed by atoms with E-state index in [1.165, 1.54) is 18.2 Å². The third kappa shape index (κ3) is 3.36. The number of halogens is 4. The highest BCUT2D eigenvalue weighted by atomic mass is 35.5. The predicted molar refractivity (Wildman–Crippen MR) is 82.8 cm³/mol. The van der Waals surface area contributed by atoms with Gasteiger partial charge in [0, 0.05) is 6.54 Å². The van der Waals surface area contributed by atoms with Gasteiger partial charge in [-0.3, -0.25) is 0 Å². The highest BCUT2D eigenvalue weighted by molar-refractivity contribution is 6.37. The van der Waals surface area contributed by atoms with Crippen molar-refractivity contribution in [3.8, 4) is 0 Å². The molecule has 0 aliphatic heterocycles. The first-order chi connectivity index (χ1) is 9.93. The van der Waals surface area contributed by atoms with Gasteiger partial charge in [0.1, 0.15) is 17.3 Å². The Balaban J connectivity index is 2.44. The Morgan fingerprint density at radius 1 is 1.14 bits per heavy atom. The lowest BCUT2D eigenvalue weighted by molar-refractivity contribution is 0.585. The average Bonchev–Trinajstić information content (AvgIpc) is 2.44. The van der Waals surface area contributed by atoms with Gasteiger partial charge >= 0.3 is 0 Å². The number of anilines is 3. The number of nitrogens with zero attached hydrogens (tertiary/aromatic N) is 1. The lowest BCUT2D eigenvalue weighted by atomic mass is 10.2. The Labute approximate surface area is 131 Å². The summed E-state index contributed by atoms with van der Waals surface area (Å²) < 4.78 is 27.8. The minimum Gasteiger partial charge on any atom is -0.369 e. The van der Waals surface area contributed by atoms with Crippen LogP contribution in [0, 0.1) is 18.6 Å². The third-order valence-electron chi connectivity index (χ3n) is 2.80. The van der Waals surface area contributed by atoms with Crippen LogP contribution in [-0.4, -0.2) is 11.5 Å². The molecule has 0 bridgehead atoms. The SMILES string of the molecule is CCNc1nc(Nc2c(F)ccc(C)c2F)c(Cl)cc1Cl.